The summed E-state index contributed by atoms with van der Waals surface area (Å²) in [5.74, 6) is 2.34. The van der Waals surface area contributed by atoms with Crippen LogP contribution in [0, 0.1) is 12.3 Å². The van der Waals surface area contributed by atoms with Gasteiger partial charge in [0.1, 0.15) is 4.90 Å². The lowest BCUT2D eigenvalue weighted by molar-refractivity contribution is 0.539. The average molecular weight is 273 g/mol. The molecular formula is C11H13ClN2O2S. The number of nitrogens with two attached hydrogens (primary N) is 1. The highest BCUT2D eigenvalue weighted by molar-refractivity contribution is 7.89. The highest BCUT2D eigenvalue weighted by atomic mass is 35.5. The molecule has 0 atom stereocenters. The van der Waals surface area contributed by atoms with Gasteiger partial charge in [-0.3, -0.25) is 0 Å². The van der Waals surface area contributed by atoms with Crippen LogP contribution in [0.1, 0.15) is 13.8 Å². The molecule has 0 saturated carbocycles. The minimum absolute atomic E-state index is 0.0368. The molecular weight excluding hydrogens is 260 g/mol. The van der Waals surface area contributed by atoms with Crippen molar-refractivity contribution in [3.63, 3.8) is 0 Å². The lowest BCUT2D eigenvalue weighted by atomic mass is 10.1. The molecule has 1 aromatic carbocycles. The van der Waals surface area contributed by atoms with Gasteiger partial charge < -0.3 is 5.73 Å². The lowest BCUT2D eigenvalue weighted by Crippen LogP contribution is -2.42. The summed E-state index contributed by atoms with van der Waals surface area (Å²) in [5.41, 5.74) is 4.71. The normalized spacial score (nSPS) is 12.1. The molecule has 0 heterocycles. The van der Waals surface area contributed by atoms with E-state index in [1.807, 2.05) is 0 Å². The molecule has 4 nitrogen and oxygen atoms in total. The summed E-state index contributed by atoms with van der Waals surface area (Å²) in [6.07, 6.45) is 5.22. The van der Waals surface area contributed by atoms with Gasteiger partial charge >= 0.3 is 0 Å². The molecule has 0 aliphatic rings. The molecule has 0 aliphatic carbocycles. The van der Waals surface area contributed by atoms with Gasteiger partial charge in [-0.2, -0.15) is 4.72 Å². The smallest absolute Gasteiger partial charge is 0.243 e. The summed E-state index contributed by atoms with van der Waals surface area (Å²) >= 11 is 5.70. The van der Waals surface area contributed by atoms with Gasteiger partial charge in [0.05, 0.1) is 11.2 Å². The minimum atomic E-state index is -3.75. The van der Waals surface area contributed by atoms with Crippen LogP contribution >= 0.6 is 11.6 Å². The maximum absolute atomic E-state index is 12.0. The molecule has 3 N–H and O–H groups in total. The van der Waals surface area contributed by atoms with Crippen LogP contribution in [0.5, 0.6) is 0 Å². The third kappa shape index (κ3) is 3.37. The van der Waals surface area contributed by atoms with Crippen LogP contribution < -0.4 is 10.5 Å². The monoisotopic (exact) mass is 272 g/mol. The van der Waals surface area contributed by atoms with Crippen molar-refractivity contribution in [1.82, 2.24) is 4.72 Å². The number of hydrogen-bond acceptors (Lipinski definition) is 3. The Morgan fingerprint density at radius 2 is 2.06 bits per heavy atom. The van der Waals surface area contributed by atoms with Gasteiger partial charge in [-0.25, -0.2) is 8.42 Å². The zero-order valence-electron chi connectivity index (χ0n) is 9.49. The number of halogens is 1. The van der Waals surface area contributed by atoms with Gasteiger partial charge in [-0.05, 0) is 32.0 Å². The van der Waals surface area contributed by atoms with Crippen molar-refractivity contribution in [3.8, 4) is 12.3 Å². The van der Waals surface area contributed by atoms with Crippen LogP contribution in [0.2, 0.25) is 5.02 Å². The minimum Gasteiger partial charge on any atom is -0.398 e. The number of sulfonamides is 1. The average Bonchev–Trinajstić information content (AvgIpc) is 2.15. The molecule has 92 valence electrons. The van der Waals surface area contributed by atoms with Crippen LogP contribution in [-0.4, -0.2) is 14.0 Å². The Morgan fingerprint density at radius 1 is 1.47 bits per heavy atom. The number of terminal acetylenes is 1. The second kappa shape index (κ2) is 4.57. The number of hydrogen-bond donors (Lipinski definition) is 2. The van der Waals surface area contributed by atoms with E-state index in [0.717, 1.165) is 0 Å². The van der Waals surface area contributed by atoms with Gasteiger partial charge in [0.25, 0.3) is 0 Å². The van der Waals surface area contributed by atoms with Crippen LogP contribution in [0.15, 0.2) is 23.1 Å². The Bertz CT molecular complexity index is 574. The fraction of sp³-hybridized carbons (Fsp3) is 0.273. The molecule has 0 unspecified atom stereocenters. The van der Waals surface area contributed by atoms with E-state index < -0.39 is 15.6 Å². The van der Waals surface area contributed by atoms with Crippen molar-refractivity contribution < 1.29 is 8.42 Å². The predicted octanol–water partition coefficient (Wildman–Crippen LogP) is 1.61. The summed E-state index contributed by atoms with van der Waals surface area (Å²) in [6.45, 7) is 3.16. The standard InChI is InChI=1S/C11H13ClN2O2S/c1-4-11(2,3)14-17(15,16)10-6-5-8(12)7-9(10)13/h1,5-7,14H,13H2,2-3H3. The first-order chi connectivity index (χ1) is 7.68. The fourth-order valence-corrected chi connectivity index (χ4v) is 2.82. The van der Waals surface area contributed by atoms with E-state index >= 15 is 0 Å². The molecule has 1 rings (SSSR count). The van der Waals surface area contributed by atoms with E-state index in [2.05, 4.69) is 10.6 Å². The third-order valence-electron chi connectivity index (χ3n) is 2.01. The first kappa shape index (κ1) is 13.8. The summed E-state index contributed by atoms with van der Waals surface area (Å²) < 4.78 is 26.4. The van der Waals surface area contributed by atoms with Crippen LogP contribution in [0.25, 0.3) is 0 Å². The van der Waals surface area contributed by atoms with Crippen molar-refractivity contribution >= 4 is 27.3 Å². The van der Waals surface area contributed by atoms with Crippen molar-refractivity contribution in [1.29, 1.82) is 0 Å². The highest BCUT2D eigenvalue weighted by Crippen LogP contribution is 2.23. The summed E-state index contributed by atoms with van der Waals surface area (Å²) in [4.78, 5) is -0.0368. The van der Waals surface area contributed by atoms with Gasteiger partial charge in [0.2, 0.25) is 10.0 Å². The molecule has 1 aromatic rings. The second-order valence-corrected chi connectivity index (χ2v) is 6.14. The number of benzene rings is 1. The molecule has 0 radical (unpaired) electrons. The molecule has 0 saturated heterocycles. The Kier molecular flexibility index (Phi) is 3.72. The summed E-state index contributed by atoms with van der Waals surface area (Å²) in [6, 6.07) is 4.17. The van der Waals surface area contributed by atoms with Gasteiger partial charge in [-0.15, -0.1) is 6.42 Å². The predicted molar refractivity (Wildman–Crippen MR) is 69.1 cm³/mol. The van der Waals surface area contributed by atoms with Crippen molar-refractivity contribution in [3.05, 3.63) is 23.2 Å². The first-order valence-electron chi connectivity index (χ1n) is 4.75. The van der Waals surface area contributed by atoms with Crippen LogP contribution in [0.3, 0.4) is 0 Å². The van der Waals surface area contributed by atoms with E-state index in [-0.39, 0.29) is 10.6 Å². The quantitative estimate of drug-likeness (QED) is 0.649. The molecule has 0 bridgehead atoms. The second-order valence-electron chi connectivity index (χ2n) is 4.06. The van der Waals surface area contributed by atoms with Gasteiger partial charge in [0, 0.05) is 5.02 Å². The van der Waals surface area contributed by atoms with Crippen LogP contribution in [0.4, 0.5) is 5.69 Å². The molecule has 0 aromatic heterocycles. The van der Waals surface area contributed by atoms with E-state index in [4.69, 9.17) is 23.8 Å². The SMILES string of the molecule is C#CC(C)(C)NS(=O)(=O)c1ccc(Cl)cc1N. The fourth-order valence-electron chi connectivity index (χ4n) is 1.18. The van der Waals surface area contributed by atoms with Crippen molar-refractivity contribution in [2.45, 2.75) is 24.3 Å². The molecule has 0 aliphatic heterocycles. The number of nitrogens with one attached hydrogen (secondary N) is 1. The Morgan fingerprint density at radius 3 is 2.53 bits per heavy atom. The highest BCUT2D eigenvalue weighted by Gasteiger charge is 2.25. The topological polar surface area (TPSA) is 72.2 Å². The van der Waals surface area contributed by atoms with Gasteiger partial charge in [0.15, 0.2) is 0 Å². The number of nitrogen functional groups attached to an aromatic ring is 1. The number of anilines is 1. The van der Waals surface area contributed by atoms with Crippen LogP contribution in [-0.2, 0) is 10.0 Å². The van der Waals surface area contributed by atoms with Gasteiger partial charge in [-0.1, -0.05) is 17.5 Å². The Labute approximate surface area is 106 Å². The largest absolute Gasteiger partial charge is 0.398 e. The molecule has 0 fully saturated rings. The van der Waals surface area contributed by atoms with E-state index in [9.17, 15) is 8.42 Å². The zero-order valence-corrected chi connectivity index (χ0v) is 11.1. The number of rotatable bonds is 3. The zero-order chi connectivity index (χ0) is 13.3. The molecule has 0 amide bonds. The molecule has 17 heavy (non-hydrogen) atoms. The molecule has 0 spiro atoms. The third-order valence-corrected chi connectivity index (χ3v) is 3.98. The first-order valence-corrected chi connectivity index (χ1v) is 6.61. The Balaban J connectivity index is 3.20. The van der Waals surface area contributed by atoms with E-state index in [0.29, 0.717) is 5.02 Å². The summed E-state index contributed by atoms with van der Waals surface area (Å²) in [7, 11) is -3.75. The van der Waals surface area contributed by atoms with Crippen molar-refractivity contribution in [2.24, 2.45) is 0 Å². The molecule has 6 heteroatoms. The Hall–Kier alpha value is -1.22. The van der Waals surface area contributed by atoms with E-state index in [1.165, 1.54) is 18.2 Å². The summed E-state index contributed by atoms with van der Waals surface area (Å²) in [5, 5.41) is 0.373. The maximum Gasteiger partial charge on any atom is 0.243 e. The van der Waals surface area contributed by atoms with E-state index in [1.54, 1.807) is 13.8 Å². The van der Waals surface area contributed by atoms with Crippen molar-refractivity contribution in [2.75, 3.05) is 5.73 Å². The lowest BCUT2D eigenvalue weighted by Gasteiger charge is -2.20. The maximum atomic E-state index is 12.0.